The Morgan fingerprint density at radius 1 is 0.429 bits per heavy atom. The van der Waals surface area contributed by atoms with Crippen molar-refractivity contribution < 1.29 is 0 Å². The van der Waals surface area contributed by atoms with Gasteiger partial charge in [0.15, 0.2) is 0 Å². The first-order valence-corrected chi connectivity index (χ1v) is 14.8. The molecule has 0 fully saturated rings. The minimum Gasteiger partial charge on any atom is -0.309 e. The van der Waals surface area contributed by atoms with Crippen molar-refractivity contribution in [3.8, 4) is 27.9 Å². The molecule has 9 rings (SSSR count). The van der Waals surface area contributed by atoms with E-state index in [1.807, 2.05) is 0 Å². The quantitative estimate of drug-likeness (QED) is 0.194. The van der Waals surface area contributed by atoms with E-state index in [2.05, 4.69) is 158 Å². The van der Waals surface area contributed by atoms with Crippen LogP contribution in [0.25, 0.3) is 71.3 Å². The van der Waals surface area contributed by atoms with Crippen LogP contribution in [0.15, 0.2) is 140 Å². The van der Waals surface area contributed by atoms with Crippen molar-refractivity contribution in [2.45, 2.75) is 19.3 Å². The molecular weight excluding hydrogens is 506 g/mol. The van der Waals surface area contributed by atoms with Crippen molar-refractivity contribution in [2.24, 2.45) is 0 Å². The van der Waals surface area contributed by atoms with E-state index >= 15 is 0 Å². The molecular formula is C41H29N. The predicted octanol–water partition coefficient (Wildman–Crippen LogP) is 11.1. The van der Waals surface area contributed by atoms with Gasteiger partial charge in [0.25, 0.3) is 0 Å². The number of rotatable bonds is 2. The van der Waals surface area contributed by atoms with E-state index in [0.29, 0.717) is 0 Å². The van der Waals surface area contributed by atoms with Gasteiger partial charge in [0.05, 0.1) is 16.7 Å². The van der Waals surface area contributed by atoms with Crippen molar-refractivity contribution >= 4 is 43.4 Å². The summed E-state index contributed by atoms with van der Waals surface area (Å²) in [6, 6.07) is 51.6. The molecule has 0 saturated carbocycles. The Labute approximate surface area is 245 Å². The molecule has 198 valence electrons. The highest BCUT2D eigenvalue weighted by Crippen LogP contribution is 2.49. The van der Waals surface area contributed by atoms with E-state index in [4.69, 9.17) is 0 Å². The van der Waals surface area contributed by atoms with Gasteiger partial charge in [0, 0.05) is 16.2 Å². The van der Waals surface area contributed by atoms with Crippen LogP contribution < -0.4 is 0 Å². The number of hydrogen-bond donors (Lipinski definition) is 0. The Morgan fingerprint density at radius 3 is 1.67 bits per heavy atom. The summed E-state index contributed by atoms with van der Waals surface area (Å²) in [6.45, 7) is 4.72. The third kappa shape index (κ3) is 3.03. The van der Waals surface area contributed by atoms with Gasteiger partial charge >= 0.3 is 0 Å². The van der Waals surface area contributed by atoms with Crippen LogP contribution in [0.4, 0.5) is 0 Å². The Balaban J connectivity index is 1.41. The molecule has 0 radical (unpaired) electrons. The topological polar surface area (TPSA) is 4.93 Å². The summed E-state index contributed by atoms with van der Waals surface area (Å²) in [5, 5.41) is 7.77. The zero-order valence-electron chi connectivity index (χ0n) is 23.7. The highest BCUT2D eigenvalue weighted by Gasteiger charge is 2.34. The molecule has 0 N–H and O–H groups in total. The van der Waals surface area contributed by atoms with Crippen molar-refractivity contribution in [1.82, 2.24) is 4.57 Å². The number of hydrogen-bond acceptors (Lipinski definition) is 0. The van der Waals surface area contributed by atoms with Gasteiger partial charge in [-0.1, -0.05) is 135 Å². The highest BCUT2D eigenvalue weighted by molar-refractivity contribution is 6.22. The Bertz CT molecular complexity index is 2310. The van der Waals surface area contributed by atoms with E-state index in [9.17, 15) is 0 Å². The van der Waals surface area contributed by atoms with Crippen molar-refractivity contribution in [1.29, 1.82) is 0 Å². The SMILES string of the molecule is CC1(C)c2ccccc2-n2c3ccc(-c4c5ccccc5c(-c5ccccc5)c5ccccc45)cc3c3cccc1c32. The molecule has 0 saturated heterocycles. The normalized spacial score (nSPS) is 13.7. The molecule has 2 heterocycles. The monoisotopic (exact) mass is 535 g/mol. The third-order valence-electron chi connectivity index (χ3n) is 9.56. The molecule has 1 aliphatic rings. The number of nitrogens with zero attached hydrogens (tertiary/aromatic N) is 1. The van der Waals surface area contributed by atoms with Crippen LogP contribution in [0.3, 0.4) is 0 Å². The zero-order chi connectivity index (χ0) is 28.0. The first-order valence-electron chi connectivity index (χ1n) is 14.8. The molecule has 1 heteroatoms. The first kappa shape index (κ1) is 23.6. The number of para-hydroxylation sites is 2. The molecule has 7 aromatic carbocycles. The molecule has 8 aromatic rings. The molecule has 42 heavy (non-hydrogen) atoms. The molecule has 0 unspecified atom stereocenters. The van der Waals surface area contributed by atoms with Crippen LogP contribution in [0.2, 0.25) is 0 Å². The summed E-state index contributed by atoms with van der Waals surface area (Å²) in [4.78, 5) is 0. The lowest BCUT2D eigenvalue weighted by Gasteiger charge is -2.34. The third-order valence-corrected chi connectivity index (χ3v) is 9.56. The largest absolute Gasteiger partial charge is 0.309 e. The maximum Gasteiger partial charge on any atom is 0.0582 e. The van der Waals surface area contributed by atoms with Crippen molar-refractivity contribution in [3.05, 3.63) is 151 Å². The van der Waals surface area contributed by atoms with Gasteiger partial charge in [0.2, 0.25) is 0 Å². The molecule has 0 aliphatic carbocycles. The van der Waals surface area contributed by atoms with Crippen LogP contribution >= 0.6 is 0 Å². The van der Waals surface area contributed by atoms with Crippen molar-refractivity contribution in [2.75, 3.05) is 0 Å². The van der Waals surface area contributed by atoms with E-state index in [0.717, 1.165) is 0 Å². The summed E-state index contributed by atoms with van der Waals surface area (Å²) < 4.78 is 2.50. The lowest BCUT2D eigenvalue weighted by Crippen LogP contribution is -2.26. The van der Waals surface area contributed by atoms with Gasteiger partial charge < -0.3 is 4.57 Å². The molecule has 1 aliphatic heterocycles. The zero-order valence-corrected chi connectivity index (χ0v) is 23.7. The van der Waals surface area contributed by atoms with E-state index in [-0.39, 0.29) is 5.41 Å². The maximum absolute atomic E-state index is 2.50. The second-order valence-electron chi connectivity index (χ2n) is 12.1. The Morgan fingerprint density at radius 2 is 0.976 bits per heavy atom. The van der Waals surface area contributed by atoms with E-state index in [1.54, 1.807) is 0 Å². The van der Waals surface area contributed by atoms with Gasteiger partial charge in [-0.2, -0.15) is 0 Å². The molecule has 0 atom stereocenters. The second-order valence-corrected chi connectivity index (χ2v) is 12.1. The van der Waals surface area contributed by atoms with Gasteiger partial charge in [-0.05, 0) is 73.1 Å². The Hall–Kier alpha value is -5.14. The summed E-state index contributed by atoms with van der Waals surface area (Å²) in [5.74, 6) is 0. The van der Waals surface area contributed by atoms with Gasteiger partial charge in [-0.25, -0.2) is 0 Å². The average molecular weight is 536 g/mol. The number of fused-ring (bicyclic) bond motifs is 7. The molecule has 1 nitrogen and oxygen atoms in total. The maximum atomic E-state index is 2.50. The molecule has 0 amide bonds. The predicted molar refractivity (Wildman–Crippen MR) is 179 cm³/mol. The van der Waals surface area contributed by atoms with Crippen LogP contribution in [0.1, 0.15) is 25.0 Å². The van der Waals surface area contributed by atoms with Crippen LogP contribution in [-0.4, -0.2) is 4.57 Å². The van der Waals surface area contributed by atoms with Gasteiger partial charge in [0.1, 0.15) is 0 Å². The first-order chi connectivity index (χ1) is 20.6. The van der Waals surface area contributed by atoms with Crippen LogP contribution in [0.5, 0.6) is 0 Å². The Kier molecular flexibility index (Phi) is 4.73. The van der Waals surface area contributed by atoms with Gasteiger partial charge in [-0.3, -0.25) is 0 Å². The molecule has 0 spiro atoms. The summed E-state index contributed by atoms with van der Waals surface area (Å²) in [7, 11) is 0. The lowest BCUT2D eigenvalue weighted by molar-refractivity contribution is 0.630. The van der Waals surface area contributed by atoms with E-state index in [1.165, 1.54) is 82.4 Å². The van der Waals surface area contributed by atoms with Crippen molar-refractivity contribution in [3.63, 3.8) is 0 Å². The summed E-state index contributed by atoms with van der Waals surface area (Å²) in [6.07, 6.45) is 0. The van der Waals surface area contributed by atoms with Crippen LogP contribution in [0, 0.1) is 0 Å². The number of benzene rings is 7. The minimum atomic E-state index is -0.0665. The standard InChI is InChI=1S/C41H29N/c1-41(2)34-20-10-11-22-37(34)42-36-24-23-27(25-33(36)32-19-12-21-35(41)40(32)42)39-30-17-8-6-15-28(30)38(26-13-4-3-5-14-26)29-16-7-9-18-31(29)39/h3-25H,1-2H3. The van der Waals surface area contributed by atoms with Gasteiger partial charge in [-0.15, -0.1) is 0 Å². The molecule has 0 bridgehead atoms. The second kappa shape index (κ2) is 8.44. The summed E-state index contributed by atoms with van der Waals surface area (Å²) in [5.41, 5.74) is 11.7. The minimum absolute atomic E-state index is 0.0665. The fourth-order valence-corrected chi connectivity index (χ4v) is 7.68. The molecule has 1 aromatic heterocycles. The summed E-state index contributed by atoms with van der Waals surface area (Å²) >= 11 is 0. The average Bonchev–Trinajstić information content (AvgIpc) is 3.37. The fraction of sp³-hybridized carbons (Fsp3) is 0.0732. The smallest absolute Gasteiger partial charge is 0.0582 e. The van der Waals surface area contributed by atoms with E-state index < -0.39 is 0 Å². The van der Waals surface area contributed by atoms with Crippen LogP contribution in [-0.2, 0) is 5.41 Å². The number of aromatic nitrogens is 1. The lowest BCUT2D eigenvalue weighted by atomic mass is 9.75. The fourth-order valence-electron chi connectivity index (χ4n) is 7.68. The highest BCUT2D eigenvalue weighted by atomic mass is 15.0.